The van der Waals surface area contributed by atoms with E-state index >= 15 is 0 Å². The molecule has 0 aliphatic heterocycles. The predicted octanol–water partition coefficient (Wildman–Crippen LogP) is 1.85. The van der Waals surface area contributed by atoms with E-state index in [1.165, 1.54) is 5.56 Å². The van der Waals surface area contributed by atoms with Gasteiger partial charge in [0.25, 0.3) is 0 Å². The van der Waals surface area contributed by atoms with Gasteiger partial charge in [-0.05, 0) is 50.9 Å². The Balaban J connectivity index is 1.72. The molecule has 0 bridgehead atoms. The van der Waals surface area contributed by atoms with Gasteiger partial charge in [-0.1, -0.05) is 0 Å². The molecule has 2 rings (SSSR count). The second-order valence-corrected chi connectivity index (χ2v) is 4.72. The van der Waals surface area contributed by atoms with Gasteiger partial charge in [-0.15, -0.1) is 0 Å². The fourth-order valence-electron chi connectivity index (χ4n) is 1.97. The molecule has 5 nitrogen and oxygen atoms in total. The predicted molar refractivity (Wildman–Crippen MR) is 74.0 cm³/mol. The van der Waals surface area contributed by atoms with Gasteiger partial charge < -0.3 is 10.4 Å². The van der Waals surface area contributed by atoms with E-state index in [1.54, 1.807) is 12.1 Å². The molecule has 0 amide bonds. The summed E-state index contributed by atoms with van der Waals surface area (Å²) in [4.78, 5) is 4.31. The summed E-state index contributed by atoms with van der Waals surface area (Å²) < 4.78 is 0. The van der Waals surface area contributed by atoms with Crippen molar-refractivity contribution in [3.05, 3.63) is 41.0 Å². The molecule has 2 aromatic heterocycles. The number of hydrogen-bond donors (Lipinski definition) is 3. The lowest BCUT2D eigenvalue weighted by Crippen LogP contribution is -2.16. The first-order valence-electron chi connectivity index (χ1n) is 6.52. The third kappa shape index (κ3) is 3.79. The first-order chi connectivity index (χ1) is 9.16. The van der Waals surface area contributed by atoms with E-state index in [-0.39, 0.29) is 5.75 Å². The van der Waals surface area contributed by atoms with E-state index in [9.17, 15) is 5.11 Å². The molecule has 5 heteroatoms. The van der Waals surface area contributed by atoms with Gasteiger partial charge in [-0.25, -0.2) is 0 Å². The highest BCUT2D eigenvalue weighted by Crippen LogP contribution is 2.14. The number of pyridine rings is 1. The highest BCUT2D eigenvalue weighted by Gasteiger charge is 2.03. The number of H-pyrrole nitrogens is 1. The van der Waals surface area contributed by atoms with Gasteiger partial charge in [0.2, 0.25) is 0 Å². The van der Waals surface area contributed by atoms with Crippen molar-refractivity contribution in [2.24, 2.45) is 0 Å². The molecule has 0 atom stereocenters. The normalized spacial score (nSPS) is 10.8. The Morgan fingerprint density at radius 1 is 1.32 bits per heavy atom. The van der Waals surface area contributed by atoms with Crippen LogP contribution in [0, 0.1) is 13.8 Å². The second-order valence-electron chi connectivity index (χ2n) is 4.72. The second kappa shape index (κ2) is 6.33. The van der Waals surface area contributed by atoms with Crippen LogP contribution in [-0.2, 0) is 13.0 Å². The Morgan fingerprint density at radius 2 is 2.16 bits per heavy atom. The van der Waals surface area contributed by atoms with E-state index in [0.29, 0.717) is 12.2 Å². The van der Waals surface area contributed by atoms with Crippen LogP contribution in [0.4, 0.5) is 0 Å². The van der Waals surface area contributed by atoms with Crippen molar-refractivity contribution < 1.29 is 5.11 Å². The maximum Gasteiger partial charge on any atom is 0.138 e. The summed E-state index contributed by atoms with van der Waals surface area (Å²) in [7, 11) is 0. The zero-order valence-corrected chi connectivity index (χ0v) is 11.4. The first-order valence-corrected chi connectivity index (χ1v) is 6.52. The number of nitrogens with one attached hydrogen (secondary N) is 2. The molecule has 0 saturated carbocycles. The number of aromatic hydroxyl groups is 1. The van der Waals surface area contributed by atoms with E-state index in [1.807, 2.05) is 20.0 Å². The number of aromatic nitrogens is 3. The topological polar surface area (TPSA) is 73.8 Å². The molecule has 3 N–H and O–H groups in total. The molecule has 19 heavy (non-hydrogen) atoms. The number of nitrogens with zero attached hydrogens (tertiary/aromatic N) is 2. The summed E-state index contributed by atoms with van der Waals surface area (Å²) in [5, 5.41) is 19.9. The molecule has 0 saturated heterocycles. The number of aryl methyl sites for hydroxylation is 3. The van der Waals surface area contributed by atoms with Crippen LogP contribution in [0.25, 0.3) is 0 Å². The zero-order valence-electron chi connectivity index (χ0n) is 11.4. The van der Waals surface area contributed by atoms with Crippen molar-refractivity contribution in [1.29, 1.82) is 0 Å². The fraction of sp³-hybridized carbons (Fsp3) is 0.429. The van der Waals surface area contributed by atoms with Gasteiger partial charge >= 0.3 is 0 Å². The third-order valence-electron chi connectivity index (χ3n) is 3.12. The molecule has 0 unspecified atom stereocenters. The van der Waals surface area contributed by atoms with E-state index < -0.39 is 0 Å². The average Bonchev–Trinajstić information content (AvgIpc) is 2.79. The highest BCUT2D eigenvalue weighted by molar-refractivity contribution is 5.27. The number of aromatic amines is 1. The van der Waals surface area contributed by atoms with Crippen molar-refractivity contribution in [3.63, 3.8) is 0 Å². The Morgan fingerprint density at radius 3 is 2.89 bits per heavy atom. The maximum atomic E-state index is 9.66. The van der Waals surface area contributed by atoms with Gasteiger partial charge in [0, 0.05) is 17.9 Å². The number of hydrogen-bond acceptors (Lipinski definition) is 4. The largest absolute Gasteiger partial charge is 0.506 e. The summed E-state index contributed by atoms with van der Waals surface area (Å²) in [6.45, 7) is 5.44. The van der Waals surface area contributed by atoms with Crippen LogP contribution in [0.3, 0.4) is 0 Å². The van der Waals surface area contributed by atoms with Crippen molar-refractivity contribution in [2.75, 3.05) is 6.54 Å². The lowest BCUT2D eigenvalue weighted by Gasteiger charge is -2.06. The standard InChI is InChI=1S/C14H20N4O/c1-10-5-6-14(19)13(17-10)9-15-7-3-4-12-8-16-18-11(12)2/h5-6,8,15,19H,3-4,7,9H2,1-2H3,(H,16,18). The molecule has 0 aliphatic carbocycles. The van der Waals surface area contributed by atoms with Crippen molar-refractivity contribution in [2.45, 2.75) is 33.2 Å². The Hall–Kier alpha value is -1.88. The Kier molecular flexibility index (Phi) is 4.52. The maximum absolute atomic E-state index is 9.66. The Labute approximate surface area is 113 Å². The molecular weight excluding hydrogens is 240 g/mol. The minimum atomic E-state index is 0.253. The van der Waals surface area contributed by atoms with Crippen LogP contribution in [-0.4, -0.2) is 26.8 Å². The number of rotatable bonds is 6. The van der Waals surface area contributed by atoms with E-state index in [4.69, 9.17) is 0 Å². The minimum absolute atomic E-state index is 0.253. The van der Waals surface area contributed by atoms with Crippen LogP contribution < -0.4 is 5.32 Å². The van der Waals surface area contributed by atoms with Gasteiger partial charge in [-0.3, -0.25) is 10.1 Å². The molecule has 102 valence electrons. The molecular formula is C14H20N4O. The molecule has 0 aliphatic rings. The summed E-state index contributed by atoms with van der Waals surface area (Å²) in [6, 6.07) is 3.49. The lowest BCUT2D eigenvalue weighted by molar-refractivity contribution is 0.458. The molecule has 0 aromatic carbocycles. The first kappa shape index (κ1) is 13.5. The quantitative estimate of drug-likeness (QED) is 0.693. The highest BCUT2D eigenvalue weighted by atomic mass is 16.3. The summed E-state index contributed by atoms with van der Waals surface area (Å²) in [6.07, 6.45) is 3.92. The van der Waals surface area contributed by atoms with Crippen LogP contribution >= 0.6 is 0 Å². The minimum Gasteiger partial charge on any atom is -0.506 e. The van der Waals surface area contributed by atoms with Crippen molar-refractivity contribution >= 4 is 0 Å². The third-order valence-corrected chi connectivity index (χ3v) is 3.12. The van der Waals surface area contributed by atoms with Gasteiger partial charge in [0.1, 0.15) is 5.75 Å². The average molecular weight is 260 g/mol. The SMILES string of the molecule is Cc1ccc(O)c(CNCCCc2cn[nH]c2C)n1. The zero-order chi connectivity index (χ0) is 13.7. The van der Waals surface area contributed by atoms with Gasteiger partial charge in [-0.2, -0.15) is 5.10 Å². The molecule has 0 radical (unpaired) electrons. The van der Waals surface area contributed by atoms with Crippen molar-refractivity contribution in [1.82, 2.24) is 20.5 Å². The van der Waals surface area contributed by atoms with Gasteiger partial charge in [0.05, 0.1) is 11.9 Å². The van der Waals surface area contributed by atoms with Crippen LogP contribution in [0.2, 0.25) is 0 Å². The lowest BCUT2D eigenvalue weighted by atomic mass is 10.1. The smallest absolute Gasteiger partial charge is 0.138 e. The summed E-state index contributed by atoms with van der Waals surface area (Å²) >= 11 is 0. The summed E-state index contributed by atoms with van der Waals surface area (Å²) in [5.74, 6) is 0.253. The van der Waals surface area contributed by atoms with Gasteiger partial charge in [0.15, 0.2) is 0 Å². The molecule has 2 heterocycles. The molecule has 2 aromatic rings. The van der Waals surface area contributed by atoms with Crippen molar-refractivity contribution in [3.8, 4) is 5.75 Å². The van der Waals surface area contributed by atoms with E-state index in [0.717, 1.165) is 30.8 Å². The van der Waals surface area contributed by atoms with Crippen LogP contribution in [0.1, 0.15) is 29.1 Å². The Bertz CT molecular complexity index is 536. The fourth-order valence-corrected chi connectivity index (χ4v) is 1.97. The molecule has 0 spiro atoms. The van der Waals surface area contributed by atoms with Crippen LogP contribution in [0.5, 0.6) is 5.75 Å². The molecule has 0 fully saturated rings. The van der Waals surface area contributed by atoms with E-state index in [2.05, 4.69) is 20.5 Å². The van der Waals surface area contributed by atoms with Crippen LogP contribution in [0.15, 0.2) is 18.3 Å². The monoisotopic (exact) mass is 260 g/mol. The summed E-state index contributed by atoms with van der Waals surface area (Å²) in [5.41, 5.74) is 4.03.